The van der Waals surface area contributed by atoms with Crippen molar-refractivity contribution in [2.75, 3.05) is 6.54 Å². The summed E-state index contributed by atoms with van der Waals surface area (Å²) in [4.78, 5) is 0.190. The molecular formula is C14H14FNO2S. The van der Waals surface area contributed by atoms with E-state index in [9.17, 15) is 12.8 Å². The summed E-state index contributed by atoms with van der Waals surface area (Å²) < 4.78 is 38.2. The first-order valence-electron chi connectivity index (χ1n) is 5.80. The van der Waals surface area contributed by atoms with Crippen LogP contribution >= 0.6 is 0 Å². The molecule has 0 spiro atoms. The first-order chi connectivity index (χ1) is 9.05. The maximum absolute atomic E-state index is 13.2. The first kappa shape index (κ1) is 13.7. The first-order valence-corrected chi connectivity index (χ1v) is 7.35. The second-order valence-corrected chi connectivity index (χ2v) is 6.27. The van der Waals surface area contributed by atoms with E-state index in [0.717, 1.165) is 0 Å². The Labute approximate surface area is 111 Å². The van der Waals surface area contributed by atoms with Gasteiger partial charge in [-0.15, -0.1) is 0 Å². The Kier molecular flexibility index (Phi) is 3.97. The lowest BCUT2D eigenvalue weighted by Crippen LogP contribution is -2.22. The normalized spacial score (nSPS) is 13.2. The summed E-state index contributed by atoms with van der Waals surface area (Å²) in [7, 11) is -3.61. The lowest BCUT2D eigenvalue weighted by atomic mass is 10.1. The molecule has 1 atom stereocenters. The molecule has 0 aliphatic carbocycles. The number of nitrogens with two attached hydrogens (primary N) is 1. The Morgan fingerprint density at radius 2 is 1.74 bits per heavy atom. The van der Waals surface area contributed by atoms with Crippen LogP contribution in [0.5, 0.6) is 0 Å². The molecule has 3 nitrogen and oxygen atoms in total. The molecule has 2 rings (SSSR count). The highest BCUT2D eigenvalue weighted by atomic mass is 32.2. The molecule has 2 N–H and O–H groups in total. The van der Waals surface area contributed by atoms with Gasteiger partial charge in [0, 0.05) is 6.54 Å². The zero-order valence-corrected chi connectivity index (χ0v) is 11.0. The van der Waals surface area contributed by atoms with E-state index in [4.69, 9.17) is 5.73 Å². The average molecular weight is 279 g/mol. The van der Waals surface area contributed by atoms with Gasteiger partial charge >= 0.3 is 0 Å². The molecule has 0 aromatic heterocycles. The summed E-state index contributed by atoms with van der Waals surface area (Å²) in [5, 5.41) is -0.939. The van der Waals surface area contributed by atoms with Crippen LogP contribution < -0.4 is 5.73 Å². The van der Waals surface area contributed by atoms with Gasteiger partial charge in [0.25, 0.3) is 0 Å². The molecule has 0 aliphatic heterocycles. The van der Waals surface area contributed by atoms with Gasteiger partial charge in [0.1, 0.15) is 11.1 Å². The third kappa shape index (κ3) is 2.83. The maximum Gasteiger partial charge on any atom is 0.186 e. The number of benzene rings is 2. The minimum Gasteiger partial charge on any atom is -0.329 e. The van der Waals surface area contributed by atoms with Crippen LogP contribution in [-0.2, 0) is 9.84 Å². The van der Waals surface area contributed by atoms with Crippen molar-refractivity contribution in [1.82, 2.24) is 0 Å². The number of hydrogen-bond acceptors (Lipinski definition) is 3. The van der Waals surface area contributed by atoms with Gasteiger partial charge in [-0.25, -0.2) is 12.8 Å². The van der Waals surface area contributed by atoms with E-state index in [0.29, 0.717) is 5.56 Å². The van der Waals surface area contributed by atoms with E-state index in [2.05, 4.69) is 0 Å². The van der Waals surface area contributed by atoms with Crippen molar-refractivity contribution < 1.29 is 12.8 Å². The molecule has 0 heterocycles. The van der Waals surface area contributed by atoms with Crippen molar-refractivity contribution >= 4 is 9.84 Å². The Morgan fingerprint density at radius 1 is 1.05 bits per heavy atom. The molecule has 0 amide bonds. The largest absolute Gasteiger partial charge is 0.329 e. The maximum atomic E-state index is 13.2. The molecule has 2 aromatic carbocycles. The highest BCUT2D eigenvalue weighted by molar-refractivity contribution is 7.91. The summed E-state index contributed by atoms with van der Waals surface area (Å²) >= 11 is 0. The molecule has 0 saturated heterocycles. The molecule has 0 aliphatic rings. The van der Waals surface area contributed by atoms with E-state index < -0.39 is 20.9 Å². The van der Waals surface area contributed by atoms with Gasteiger partial charge in [-0.05, 0) is 29.8 Å². The average Bonchev–Trinajstić information content (AvgIpc) is 2.40. The van der Waals surface area contributed by atoms with Crippen molar-refractivity contribution in [3.63, 3.8) is 0 Å². The lowest BCUT2D eigenvalue weighted by Gasteiger charge is -2.16. The predicted octanol–water partition coefficient (Wildman–Crippen LogP) is 2.30. The van der Waals surface area contributed by atoms with Crippen LogP contribution in [0.2, 0.25) is 0 Å². The lowest BCUT2D eigenvalue weighted by molar-refractivity contribution is 0.581. The van der Waals surface area contributed by atoms with Crippen LogP contribution in [0.15, 0.2) is 59.5 Å². The van der Waals surface area contributed by atoms with Crippen LogP contribution in [0.1, 0.15) is 10.8 Å². The molecule has 100 valence electrons. The number of rotatable bonds is 4. The fraction of sp³-hybridized carbons (Fsp3) is 0.143. The van der Waals surface area contributed by atoms with E-state index in [1.807, 2.05) is 0 Å². The molecular weight excluding hydrogens is 265 g/mol. The minimum atomic E-state index is -3.61. The quantitative estimate of drug-likeness (QED) is 0.934. The van der Waals surface area contributed by atoms with Gasteiger partial charge in [-0.3, -0.25) is 0 Å². The summed E-state index contributed by atoms with van der Waals surface area (Å²) in [6.45, 7) is -0.0965. The molecule has 0 bridgehead atoms. The molecule has 0 radical (unpaired) electrons. The predicted molar refractivity (Wildman–Crippen MR) is 71.8 cm³/mol. The third-order valence-corrected chi connectivity index (χ3v) is 5.02. The summed E-state index contributed by atoms with van der Waals surface area (Å²) in [5.41, 5.74) is 5.94. The minimum absolute atomic E-state index is 0.0965. The topological polar surface area (TPSA) is 60.2 Å². The number of halogens is 1. The molecule has 1 unspecified atom stereocenters. The fourth-order valence-corrected chi connectivity index (χ4v) is 3.55. The Morgan fingerprint density at radius 3 is 2.32 bits per heavy atom. The van der Waals surface area contributed by atoms with Crippen LogP contribution in [-0.4, -0.2) is 15.0 Å². The van der Waals surface area contributed by atoms with E-state index >= 15 is 0 Å². The summed E-state index contributed by atoms with van der Waals surface area (Å²) in [6, 6.07) is 13.6. The number of hydrogen-bond donors (Lipinski definition) is 1. The van der Waals surface area contributed by atoms with Gasteiger partial charge in [0.15, 0.2) is 9.84 Å². The summed E-state index contributed by atoms with van der Waals surface area (Å²) in [5.74, 6) is -0.473. The van der Waals surface area contributed by atoms with Gasteiger partial charge in [0.2, 0.25) is 0 Å². The molecule has 0 saturated carbocycles. The molecule has 5 heteroatoms. The van der Waals surface area contributed by atoms with Crippen molar-refractivity contribution in [1.29, 1.82) is 0 Å². The SMILES string of the molecule is NCC(c1cccc(F)c1)S(=O)(=O)c1ccccc1. The zero-order valence-electron chi connectivity index (χ0n) is 10.2. The van der Waals surface area contributed by atoms with Gasteiger partial charge in [-0.2, -0.15) is 0 Å². The zero-order chi connectivity index (χ0) is 13.9. The smallest absolute Gasteiger partial charge is 0.186 e. The van der Waals surface area contributed by atoms with Crippen molar-refractivity contribution in [2.45, 2.75) is 10.1 Å². The summed E-state index contributed by atoms with van der Waals surface area (Å²) in [6.07, 6.45) is 0. The van der Waals surface area contributed by atoms with Gasteiger partial charge in [0.05, 0.1) is 4.90 Å². The Hall–Kier alpha value is -1.72. The van der Waals surface area contributed by atoms with E-state index in [1.165, 1.54) is 30.3 Å². The van der Waals surface area contributed by atoms with Gasteiger partial charge in [-0.1, -0.05) is 30.3 Å². The molecule has 2 aromatic rings. The number of sulfone groups is 1. The fourth-order valence-electron chi connectivity index (χ4n) is 1.92. The third-order valence-electron chi connectivity index (χ3n) is 2.88. The van der Waals surface area contributed by atoms with Crippen LogP contribution in [0.4, 0.5) is 4.39 Å². The highest BCUT2D eigenvalue weighted by Crippen LogP contribution is 2.28. The van der Waals surface area contributed by atoms with Crippen molar-refractivity contribution in [3.8, 4) is 0 Å². The Bertz CT molecular complexity index is 656. The van der Waals surface area contributed by atoms with Crippen molar-refractivity contribution in [3.05, 3.63) is 66.0 Å². The van der Waals surface area contributed by atoms with Crippen LogP contribution in [0.3, 0.4) is 0 Å². The Balaban J connectivity index is 2.48. The molecule has 19 heavy (non-hydrogen) atoms. The van der Waals surface area contributed by atoms with E-state index in [1.54, 1.807) is 24.3 Å². The van der Waals surface area contributed by atoms with Gasteiger partial charge < -0.3 is 5.73 Å². The van der Waals surface area contributed by atoms with E-state index in [-0.39, 0.29) is 11.4 Å². The standard InChI is InChI=1S/C14H14FNO2S/c15-12-6-4-5-11(9-12)14(10-16)19(17,18)13-7-2-1-3-8-13/h1-9,14H,10,16H2. The molecule has 0 fully saturated rings. The second-order valence-electron chi connectivity index (χ2n) is 4.14. The van der Waals surface area contributed by atoms with Crippen molar-refractivity contribution in [2.24, 2.45) is 5.73 Å². The monoisotopic (exact) mass is 279 g/mol. The van der Waals surface area contributed by atoms with Crippen LogP contribution in [0, 0.1) is 5.82 Å². The second kappa shape index (κ2) is 5.50. The van der Waals surface area contributed by atoms with Crippen LogP contribution in [0.25, 0.3) is 0 Å². The highest BCUT2D eigenvalue weighted by Gasteiger charge is 2.27.